The first-order valence-corrected chi connectivity index (χ1v) is 3.56. The average Bonchev–Trinajstić information content (AvgIpc) is 1.69. The van der Waals surface area contributed by atoms with Crippen LogP contribution in [0, 0.1) is 11.8 Å². The van der Waals surface area contributed by atoms with E-state index in [9.17, 15) is 0 Å². The zero-order valence-corrected chi connectivity index (χ0v) is 6.49. The van der Waals surface area contributed by atoms with Gasteiger partial charge in [0.15, 0.2) is 0 Å². The molecule has 0 saturated heterocycles. The zero-order valence-electron chi connectivity index (χ0n) is 6.49. The molecule has 0 amide bonds. The van der Waals surface area contributed by atoms with Crippen LogP contribution in [0.5, 0.6) is 0 Å². The van der Waals surface area contributed by atoms with Gasteiger partial charge in [-0.05, 0) is 0 Å². The molecule has 0 nitrogen and oxygen atoms in total. The SMILES string of the molecule is CC[C-](CC)C(C)C. The summed E-state index contributed by atoms with van der Waals surface area (Å²) >= 11 is 0. The lowest BCUT2D eigenvalue weighted by Crippen LogP contribution is -2.01. The molecule has 0 heteroatoms. The van der Waals surface area contributed by atoms with Gasteiger partial charge in [0.05, 0.1) is 0 Å². The van der Waals surface area contributed by atoms with Crippen LogP contribution in [0.2, 0.25) is 0 Å². The molecule has 0 saturated carbocycles. The molecular weight excluding hydrogens is 96.1 g/mol. The van der Waals surface area contributed by atoms with E-state index in [1.54, 1.807) is 5.92 Å². The average molecular weight is 113 g/mol. The molecule has 0 heterocycles. The van der Waals surface area contributed by atoms with Gasteiger partial charge in [-0.2, -0.15) is 18.8 Å². The van der Waals surface area contributed by atoms with E-state index in [0.717, 1.165) is 5.92 Å². The summed E-state index contributed by atoms with van der Waals surface area (Å²) in [5.41, 5.74) is 0. The van der Waals surface area contributed by atoms with Gasteiger partial charge in [-0.15, -0.1) is 0 Å². The Balaban J connectivity index is 3.35. The molecule has 0 rings (SSSR count). The molecule has 0 aromatic rings. The Morgan fingerprint density at radius 2 is 1.50 bits per heavy atom. The molecule has 0 spiro atoms. The molecule has 0 aliphatic carbocycles. The summed E-state index contributed by atoms with van der Waals surface area (Å²) in [5.74, 6) is 2.48. The lowest BCUT2D eigenvalue weighted by molar-refractivity contribution is 0.583. The van der Waals surface area contributed by atoms with Crippen molar-refractivity contribution in [3.8, 4) is 0 Å². The third-order valence-corrected chi connectivity index (χ3v) is 1.72. The van der Waals surface area contributed by atoms with Gasteiger partial charge < -0.3 is 5.92 Å². The van der Waals surface area contributed by atoms with Crippen LogP contribution >= 0.6 is 0 Å². The predicted molar refractivity (Wildman–Crippen MR) is 38.7 cm³/mol. The highest BCUT2D eigenvalue weighted by molar-refractivity contribution is 4.89. The molecule has 0 aromatic heterocycles. The molecule has 0 fully saturated rings. The summed E-state index contributed by atoms with van der Waals surface area (Å²) in [7, 11) is 0. The van der Waals surface area contributed by atoms with Gasteiger partial charge in [-0.25, -0.2) is 0 Å². The van der Waals surface area contributed by atoms with Crippen LogP contribution in [0.4, 0.5) is 0 Å². The Hall–Kier alpha value is 0. The van der Waals surface area contributed by atoms with Crippen molar-refractivity contribution in [3.63, 3.8) is 0 Å². The van der Waals surface area contributed by atoms with Crippen molar-refractivity contribution in [1.82, 2.24) is 0 Å². The van der Waals surface area contributed by atoms with Crippen molar-refractivity contribution in [2.24, 2.45) is 5.92 Å². The van der Waals surface area contributed by atoms with Crippen molar-refractivity contribution < 1.29 is 0 Å². The Labute approximate surface area is 53.3 Å². The molecule has 0 radical (unpaired) electrons. The minimum Gasteiger partial charge on any atom is -0.312 e. The van der Waals surface area contributed by atoms with Crippen LogP contribution in [0.3, 0.4) is 0 Å². The largest absolute Gasteiger partial charge is 0.312 e. The van der Waals surface area contributed by atoms with Gasteiger partial charge in [-0.1, -0.05) is 27.7 Å². The first kappa shape index (κ1) is 8.00. The fourth-order valence-electron chi connectivity index (χ4n) is 1.07. The summed E-state index contributed by atoms with van der Waals surface area (Å²) in [6.07, 6.45) is 2.52. The van der Waals surface area contributed by atoms with E-state index in [1.165, 1.54) is 12.8 Å². The second-order valence-corrected chi connectivity index (χ2v) is 2.52. The maximum atomic E-state index is 2.27. The standard InChI is InChI=1S/C8H17/c1-5-8(6-2)7(3)4/h7H,5-6H2,1-4H3/q-1. The fraction of sp³-hybridized carbons (Fsp3) is 0.875. The van der Waals surface area contributed by atoms with Gasteiger partial charge >= 0.3 is 0 Å². The van der Waals surface area contributed by atoms with E-state index < -0.39 is 0 Å². The Morgan fingerprint density at radius 1 is 1.12 bits per heavy atom. The molecule has 0 N–H and O–H groups in total. The first-order chi connectivity index (χ1) is 3.72. The summed E-state index contributed by atoms with van der Waals surface area (Å²) in [5, 5.41) is 0. The minimum absolute atomic E-state index is 0.796. The molecule has 0 bridgehead atoms. The van der Waals surface area contributed by atoms with E-state index in [4.69, 9.17) is 0 Å². The molecule has 0 aliphatic rings. The van der Waals surface area contributed by atoms with Crippen LogP contribution in [0.25, 0.3) is 0 Å². The normalized spacial score (nSPS) is 11.2. The maximum Gasteiger partial charge on any atom is -0.0899 e. The lowest BCUT2D eigenvalue weighted by atomic mass is 9.91. The quantitative estimate of drug-likeness (QED) is 0.493. The number of rotatable bonds is 3. The third-order valence-electron chi connectivity index (χ3n) is 1.72. The molecule has 0 unspecified atom stereocenters. The van der Waals surface area contributed by atoms with E-state index >= 15 is 0 Å². The topological polar surface area (TPSA) is 0 Å². The molecule has 0 aromatic carbocycles. The minimum atomic E-state index is 0.796. The maximum absolute atomic E-state index is 2.27. The summed E-state index contributed by atoms with van der Waals surface area (Å²) in [6, 6.07) is 0. The van der Waals surface area contributed by atoms with Gasteiger partial charge in [-0.3, -0.25) is 0 Å². The summed E-state index contributed by atoms with van der Waals surface area (Å²) in [4.78, 5) is 0. The molecule has 50 valence electrons. The predicted octanol–water partition coefficient (Wildman–Crippen LogP) is 3.04. The molecule has 8 heavy (non-hydrogen) atoms. The van der Waals surface area contributed by atoms with Gasteiger partial charge in [0.25, 0.3) is 0 Å². The van der Waals surface area contributed by atoms with Crippen molar-refractivity contribution >= 4 is 0 Å². The Kier molecular flexibility index (Phi) is 3.94. The number of hydrogen-bond donors (Lipinski definition) is 0. The third kappa shape index (κ3) is 2.34. The van der Waals surface area contributed by atoms with E-state index in [-0.39, 0.29) is 0 Å². The van der Waals surface area contributed by atoms with E-state index in [1.807, 2.05) is 0 Å². The summed E-state index contributed by atoms with van der Waals surface area (Å²) in [6.45, 7) is 9.00. The van der Waals surface area contributed by atoms with Crippen molar-refractivity contribution in [3.05, 3.63) is 5.92 Å². The van der Waals surface area contributed by atoms with E-state index in [2.05, 4.69) is 27.7 Å². The van der Waals surface area contributed by atoms with Crippen LogP contribution < -0.4 is 0 Å². The molecular formula is C8H17-. The van der Waals surface area contributed by atoms with Gasteiger partial charge in [0.2, 0.25) is 0 Å². The second-order valence-electron chi connectivity index (χ2n) is 2.52. The van der Waals surface area contributed by atoms with Crippen molar-refractivity contribution in [2.45, 2.75) is 40.5 Å². The van der Waals surface area contributed by atoms with Crippen molar-refractivity contribution in [1.29, 1.82) is 0 Å². The van der Waals surface area contributed by atoms with Gasteiger partial charge in [0, 0.05) is 0 Å². The molecule has 0 atom stereocenters. The highest BCUT2D eigenvalue weighted by Gasteiger charge is 1.90. The first-order valence-electron chi connectivity index (χ1n) is 3.56. The van der Waals surface area contributed by atoms with Crippen LogP contribution in [-0.2, 0) is 0 Å². The summed E-state index contributed by atoms with van der Waals surface area (Å²) < 4.78 is 0. The monoisotopic (exact) mass is 113 g/mol. The zero-order chi connectivity index (χ0) is 6.57. The molecule has 0 aliphatic heterocycles. The van der Waals surface area contributed by atoms with Gasteiger partial charge in [0.1, 0.15) is 0 Å². The Morgan fingerprint density at radius 3 is 1.50 bits per heavy atom. The van der Waals surface area contributed by atoms with Crippen LogP contribution in [-0.4, -0.2) is 0 Å². The smallest absolute Gasteiger partial charge is 0.0899 e. The second kappa shape index (κ2) is 3.94. The highest BCUT2D eigenvalue weighted by Crippen LogP contribution is 2.19. The van der Waals surface area contributed by atoms with Crippen LogP contribution in [0.1, 0.15) is 40.5 Å². The van der Waals surface area contributed by atoms with Crippen molar-refractivity contribution in [2.75, 3.05) is 0 Å². The number of hydrogen-bond acceptors (Lipinski definition) is 0. The fourth-order valence-corrected chi connectivity index (χ4v) is 1.07. The lowest BCUT2D eigenvalue weighted by Gasteiger charge is -2.31. The van der Waals surface area contributed by atoms with Crippen LogP contribution in [0.15, 0.2) is 0 Å². The Bertz CT molecular complexity index is 42.0. The van der Waals surface area contributed by atoms with E-state index in [0.29, 0.717) is 0 Å². The highest BCUT2D eigenvalue weighted by atomic mass is 14.1.